The second-order valence-electron chi connectivity index (χ2n) is 4.32. The minimum atomic E-state index is 0.598. The van der Waals surface area contributed by atoms with Crippen LogP contribution in [0.1, 0.15) is 5.01 Å². The monoisotopic (exact) mass is 343 g/mol. The summed E-state index contributed by atoms with van der Waals surface area (Å²) in [5, 5.41) is 10.3. The molecule has 0 saturated carbocycles. The van der Waals surface area contributed by atoms with Gasteiger partial charge in [-0.05, 0) is 40.2 Å². The van der Waals surface area contributed by atoms with Gasteiger partial charge in [-0.2, -0.15) is 5.26 Å². The molecule has 2 heterocycles. The van der Waals surface area contributed by atoms with Gasteiger partial charge in [0.2, 0.25) is 0 Å². The maximum absolute atomic E-state index is 9.51. The summed E-state index contributed by atoms with van der Waals surface area (Å²) in [7, 11) is 1.92. The zero-order valence-electron chi connectivity index (χ0n) is 10.7. The number of allylic oxidation sites excluding steroid dienone is 4. The van der Waals surface area contributed by atoms with Crippen LogP contribution in [0.25, 0.3) is 15.8 Å². The highest BCUT2D eigenvalue weighted by Gasteiger charge is 2.16. The SMILES string of the molecule is CN1C=C(Br)C=C/C1=C(/C#N)c1nc2ccccc2s1. The van der Waals surface area contributed by atoms with Gasteiger partial charge in [0, 0.05) is 17.7 Å². The summed E-state index contributed by atoms with van der Waals surface area (Å²) < 4.78 is 2.07. The van der Waals surface area contributed by atoms with Crippen molar-refractivity contribution in [2.45, 2.75) is 0 Å². The van der Waals surface area contributed by atoms with E-state index in [2.05, 4.69) is 27.0 Å². The lowest BCUT2D eigenvalue weighted by molar-refractivity contribution is 0.586. The largest absolute Gasteiger partial charge is 0.349 e. The number of nitrogens with zero attached hydrogens (tertiary/aromatic N) is 3. The lowest BCUT2D eigenvalue weighted by atomic mass is 10.1. The number of hydrogen-bond acceptors (Lipinski definition) is 4. The number of para-hydroxylation sites is 1. The maximum Gasteiger partial charge on any atom is 0.137 e. The number of likely N-dealkylation sites (N-methyl/N-ethyl adjacent to an activating group) is 1. The zero-order valence-corrected chi connectivity index (χ0v) is 13.1. The molecule has 0 bridgehead atoms. The first kappa shape index (κ1) is 13.1. The molecule has 1 aromatic heterocycles. The number of halogens is 1. The smallest absolute Gasteiger partial charge is 0.137 e. The van der Waals surface area contributed by atoms with E-state index < -0.39 is 0 Å². The van der Waals surface area contributed by atoms with Crippen LogP contribution in [-0.2, 0) is 0 Å². The van der Waals surface area contributed by atoms with Crippen LogP contribution in [0.3, 0.4) is 0 Å². The lowest BCUT2D eigenvalue weighted by Crippen LogP contribution is -2.13. The molecule has 98 valence electrons. The first-order chi connectivity index (χ1) is 9.69. The average Bonchev–Trinajstić information content (AvgIpc) is 2.85. The fraction of sp³-hybridized carbons (Fsp3) is 0.0667. The molecule has 0 radical (unpaired) electrons. The third kappa shape index (κ3) is 2.28. The van der Waals surface area contributed by atoms with Gasteiger partial charge in [0.25, 0.3) is 0 Å². The van der Waals surface area contributed by atoms with Gasteiger partial charge in [0.15, 0.2) is 0 Å². The van der Waals surface area contributed by atoms with Gasteiger partial charge < -0.3 is 4.90 Å². The Morgan fingerprint density at radius 1 is 1.35 bits per heavy atom. The summed E-state index contributed by atoms with van der Waals surface area (Å²) in [6.45, 7) is 0. The Balaban J connectivity index is 2.15. The molecule has 1 aromatic carbocycles. The molecule has 0 fully saturated rings. The minimum absolute atomic E-state index is 0.598. The third-order valence-corrected chi connectivity index (χ3v) is 4.50. The molecule has 0 amide bonds. The number of nitriles is 1. The number of rotatable bonds is 1. The van der Waals surface area contributed by atoms with Gasteiger partial charge in [-0.15, -0.1) is 11.3 Å². The summed E-state index contributed by atoms with van der Waals surface area (Å²) in [6.07, 6.45) is 5.79. The van der Waals surface area contributed by atoms with E-state index in [-0.39, 0.29) is 0 Å². The van der Waals surface area contributed by atoms with Crippen molar-refractivity contribution in [1.82, 2.24) is 9.88 Å². The fourth-order valence-corrected chi connectivity index (χ4v) is 3.44. The van der Waals surface area contributed by atoms with Gasteiger partial charge in [-0.3, -0.25) is 0 Å². The van der Waals surface area contributed by atoms with Gasteiger partial charge in [0.05, 0.1) is 15.9 Å². The normalized spacial score (nSPS) is 17.1. The maximum atomic E-state index is 9.51. The van der Waals surface area contributed by atoms with Gasteiger partial charge in [-0.25, -0.2) is 4.98 Å². The number of benzene rings is 1. The van der Waals surface area contributed by atoms with Crippen LogP contribution in [0.2, 0.25) is 0 Å². The molecule has 1 aliphatic heterocycles. The number of hydrogen-bond donors (Lipinski definition) is 0. The van der Waals surface area contributed by atoms with Crippen molar-refractivity contribution < 1.29 is 0 Å². The molecule has 3 nitrogen and oxygen atoms in total. The van der Waals surface area contributed by atoms with Gasteiger partial charge >= 0.3 is 0 Å². The topological polar surface area (TPSA) is 39.9 Å². The predicted octanol–water partition coefficient (Wildman–Crippen LogP) is 4.27. The standard InChI is InChI=1S/C15H10BrN3S/c1-19-9-10(16)6-7-13(19)11(8-17)15-18-12-4-2-3-5-14(12)20-15/h2-7,9H,1H3/b13-11+. The summed E-state index contributed by atoms with van der Waals surface area (Å²) in [5.74, 6) is 0. The molecular weight excluding hydrogens is 334 g/mol. The Hall–Kier alpha value is -1.90. The first-order valence-electron chi connectivity index (χ1n) is 5.97. The molecular formula is C15H10BrN3S. The highest BCUT2D eigenvalue weighted by molar-refractivity contribution is 9.11. The van der Waals surface area contributed by atoms with Crippen molar-refractivity contribution in [3.05, 3.63) is 57.8 Å². The Bertz CT molecular complexity index is 775. The van der Waals surface area contributed by atoms with Crippen LogP contribution >= 0.6 is 27.3 Å². The Morgan fingerprint density at radius 2 is 2.15 bits per heavy atom. The molecule has 20 heavy (non-hydrogen) atoms. The summed E-state index contributed by atoms with van der Waals surface area (Å²) >= 11 is 4.97. The van der Waals surface area contributed by atoms with Crippen LogP contribution in [0.15, 0.2) is 52.8 Å². The Morgan fingerprint density at radius 3 is 2.85 bits per heavy atom. The first-order valence-corrected chi connectivity index (χ1v) is 7.58. The summed E-state index contributed by atoms with van der Waals surface area (Å²) in [6, 6.07) is 10.2. The van der Waals surface area contributed by atoms with E-state index in [1.54, 1.807) is 11.3 Å². The van der Waals surface area contributed by atoms with Crippen molar-refractivity contribution in [3.63, 3.8) is 0 Å². The highest BCUT2D eigenvalue weighted by atomic mass is 79.9. The van der Waals surface area contributed by atoms with Gasteiger partial charge in [-0.1, -0.05) is 12.1 Å². The lowest BCUT2D eigenvalue weighted by Gasteiger charge is -2.20. The fourth-order valence-electron chi connectivity index (χ4n) is 2.03. The second kappa shape index (κ2) is 5.23. The highest BCUT2D eigenvalue weighted by Crippen LogP contribution is 2.31. The molecule has 5 heteroatoms. The molecule has 3 rings (SSSR count). The number of thiazole rings is 1. The molecule has 0 saturated heterocycles. The van der Waals surface area contributed by atoms with E-state index in [0.717, 1.165) is 25.4 Å². The van der Waals surface area contributed by atoms with E-state index in [0.29, 0.717) is 5.57 Å². The van der Waals surface area contributed by atoms with E-state index in [9.17, 15) is 5.26 Å². The van der Waals surface area contributed by atoms with Crippen molar-refractivity contribution in [3.8, 4) is 6.07 Å². The average molecular weight is 344 g/mol. The van der Waals surface area contributed by atoms with Crippen molar-refractivity contribution in [2.75, 3.05) is 7.05 Å². The quantitative estimate of drug-likeness (QED) is 0.726. The Labute approximate surface area is 129 Å². The predicted molar refractivity (Wildman–Crippen MR) is 86.1 cm³/mol. The van der Waals surface area contributed by atoms with Crippen molar-refractivity contribution in [1.29, 1.82) is 5.26 Å². The van der Waals surface area contributed by atoms with Crippen molar-refractivity contribution in [2.24, 2.45) is 0 Å². The zero-order chi connectivity index (χ0) is 14.1. The van der Waals surface area contributed by atoms with Crippen LogP contribution in [0.4, 0.5) is 0 Å². The van der Waals surface area contributed by atoms with Crippen molar-refractivity contribution >= 4 is 43.1 Å². The third-order valence-electron chi connectivity index (χ3n) is 2.97. The minimum Gasteiger partial charge on any atom is -0.349 e. The molecule has 2 aromatic rings. The van der Waals surface area contributed by atoms with Crippen LogP contribution in [-0.4, -0.2) is 16.9 Å². The molecule has 1 aliphatic rings. The molecule has 0 unspecified atom stereocenters. The van der Waals surface area contributed by atoms with Crippen LogP contribution < -0.4 is 0 Å². The number of fused-ring (bicyclic) bond motifs is 1. The van der Waals surface area contributed by atoms with E-state index in [4.69, 9.17) is 0 Å². The Kier molecular flexibility index (Phi) is 3.43. The van der Waals surface area contributed by atoms with Crippen LogP contribution in [0.5, 0.6) is 0 Å². The van der Waals surface area contributed by atoms with Crippen LogP contribution in [0, 0.1) is 11.3 Å². The molecule has 0 aliphatic carbocycles. The van der Waals surface area contributed by atoms with E-state index in [1.807, 2.05) is 54.6 Å². The van der Waals surface area contributed by atoms with E-state index >= 15 is 0 Å². The molecule has 0 N–H and O–H groups in total. The number of aromatic nitrogens is 1. The molecule has 0 spiro atoms. The second-order valence-corrected chi connectivity index (χ2v) is 6.26. The summed E-state index contributed by atoms with van der Waals surface area (Å²) in [4.78, 5) is 6.48. The summed E-state index contributed by atoms with van der Waals surface area (Å²) in [5.41, 5.74) is 2.39. The van der Waals surface area contributed by atoms with Gasteiger partial charge in [0.1, 0.15) is 16.6 Å². The molecule has 0 atom stereocenters. The van der Waals surface area contributed by atoms with E-state index in [1.165, 1.54) is 0 Å².